The summed E-state index contributed by atoms with van der Waals surface area (Å²) in [6.45, 7) is 11.2. The van der Waals surface area contributed by atoms with E-state index in [2.05, 4.69) is 82.2 Å². The third kappa shape index (κ3) is 7.02. The van der Waals surface area contributed by atoms with E-state index < -0.39 is 5.41 Å². The van der Waals surface area contributed by atoms with Crippen molar-refractivity contribution in [3.8, 4) is 0 Å². The lowest BCUT2D eigenvalue weighted by atomic mass is 9.49. The molecule has 1 fully saturated rings. The smallest absolute Gasteiger partial charge is 0.323 e. The van der Waals surface area contributed by atoms with Crippen LogP contribution in [0.15, 0.2) is 42.5 Å². The molecule has 200 valence electrons. The van der Waals surface area contributed by atoms with Crippen molar-refractivity contribution in [3.63, 3.8) is 0 Å². The summed E-state index contributed by atoms with van der Waals surface area (Å²) < 4.78 is 10.7. The molecule has 1 atom stereocenters. The molecule has 3 rings (SSSR count). The topological polar surface area (TPSA) is 55.8 Å². The van der Waals surface area contributed by atoms with E-state index in [0.717, 1.165) is 32.1 Å². The molecule has 0 radical (unpaired) electrons. The highest BCUT2D eigenvalue weighted by molar-refractivity contribution is 6.01. The number of carbonyl (C=O) groups excluding carboxylic acids is 2. The van der Waals surface area contributed by atoms with Gasteiger partial charge in [0.2, 0.25) is 0 Å². The van der Waals surface area contributed by atoms with Crippen molar-refractivity contribution in [3.05, 3.63) is 42.5 Å². The average Bonchev–Trinajstić information content (AvgIpc) is 2.87. The van der Waals surface area contributed by atoms with E-state index in [1.165, 1.54) is 16.5 Å². The van der Waals surface area contributed by atoms with Gasteiger partial charge in [-0.1, -0.05) is 83.9 Å². The zero-order valence-corrected chi connectivity index (χ0v) is 23.6. The maximum absolute atomic E-state index is 12.5. The Labute approximate surface area is 218 Å². The van der Waals surface area contributed by atoms with Crippen molar-refractivity contribution >= 4 is 28.4 Å². The average molecular weight is 498 g/mol. The normalized spacial score (nSPS) is 16.2. The molecule has 0 saturated heterocycles. The fraction of sp³-hybridized carbons (Fsp3) is 0.613. The van der Waals surface area contributed by atoms with E-state index in [-0.39, 0.29) is 17.4 Å². The number of anilines is 1. The maximum atomic E-state index is 12.5. The zero-order chi connectivity index (χ0) is 26.8. The van der Waals surface area contributed by atoms with Crippen LogP contribution < -0.4 is 4.90 Å². The molecule has 0 aromatic heterocycles. The summed E-state index contributed by atoms with van der Waals surface area (Å²) in [6.07, 6.45) is 5.84. The van der Waals surface area contributed by atoms with E-state index in [4.69, 9.17) is 9.47 Å². The summed E-state index contributed by atoms with van der Waals surface area (Å²) in [5.41, 5.74) is 0.290. The Bertz CT molecular complexity index is 950. The second kappa shape index (κ2) is 13.7. The molecule has 0 aliphatic heterocycles. The van der Waals surface area contributed by atoms with E-state index in [0.29, 0.717) is 32.0 Å². The lowest BCUT2D eigenvalue weighted by molar-refractivity contribution is -0.193. The quantitative estimate of drug-likeness (QED) is 0.239. The summed E-state index contributed by atoms with van der Waals surface area (Å²) >= 11 is 0. The molecule has 1 saturated carbocycles. The Morgan fingerprint density at radius 2 is 1.44 bits per heavy atom. The molecule has 5 heteroatoms. The second-order valence-electron chi connectivity index (χ2n) is 10.7. The minimum absolute atomic E-state index is 0.0753. The van der Waals surface area contributed by atoms with Gasteiger partial charge in [0.25, 0.3) is 0 Å². The number of nitrogens with zero attached hydrogens (tertiary/aromatic N) is 1. The largest absolute Gasteiger partial charge is 0.465 e. The lowest BCUT2D eigenvalue weighted by Gasteiger charge is -2.53. The van der Waals surface area contributed by atoms with Crippen LogP contribution in [-0.2, 0) is 19.1 Å². The van der Waals surface area contributed by atoms with Crippen LogP contribution in [0.25, 0.3) is 10.8 Å². The Hall–Kier alpha value is -2.56. The summed E-state index contributed by atoms with van der Waals surface area (Å²) in [7, 11) is 4.14. The number of benzene rings is 2. The molecule has 1 aliphatic rings. The molecule has 1 aliphatic carbocycles. The third-order valence-corrected chi connectivity index (χ3v) is 7.49. The van der Waals surface area contributed by atoms with Crippen LogP contribution in [0, 0.1) is 16.7 Å². The van der Waals surface area contributed by atoms with Gasteiger partial charge in [0.1, 0.15) is 0 Å². The van der Waals surface area contributed by atoms with Gasteiger partial charge in [0.15, 0.2) is 5.41 Å². The van der Waals surface area contributed by atoms with Crippen molar-refractivity contribution in [2.75, 3.05) is 32.2 Å². The number of hydrogen-bond acceptors (Lipinski definition) is 5. The number of carbonyl (C=O) groups is 2. The van der Waals surface area contributed by atoms with Crippen LogP contribution in [-0.4, -0.2) is 39.2 Å². The van der Waals surface area contributed by atoms with Gasteiger partial charge in [-0.2, -0.15) is 0 Å². The predicted octanol–water partition coefficient (Wildman–Crippen LogP) is 7.41. The highest BCUT2D eigenvalue weighted by Gasteiger charge is 2.64. The van der Waals surface area contributed by atoms with E-state index in [1.54, 1.807) is 0 Å². The number of hydrogen-bond donors (Lipinski definition) is 0. The lowest BCUT2D eigenvalue weighted by Crippen LogP contribution is -2.57. The number of esters is 2. The summed E-state index contributed by atoms with van der Waals surface area (Å²) in [5, 5.41) is 2.61. The Balaban J connectivity index is 0.000000293. The van der Waals surface area contributed by atoms with Crippen molar-refractivity contribution in [2.24, 2.45) is 16.7 Å². The number of rotatable bonds is 11. The predicted molar refractivity (Wildman–Crippen MR) is 149 cm³/mol. The van der Waals surface area contributed by atoms with Crippen LogP contribution in [0.2, 0.25) is 0 Å². The molecule has 36 heavy (non-hydrogen) atoms. The van der Waals surface area contributed by atoms with Gasteiger partial charge in [-0.3, -0.25) is 9.59 Å². The SMILES string of the molecule is CCCOC(=O)C1(C(=O)OCCC)CC(CC)(CC(C)CC)C1.CN(C)c1cccc2ccccc12. The standard InChI is InChI=1S/C19H34O4.C12H13N/c1-6-10-22-16(20)19(17(21)23-11-7-2)13-18(9-4,14-19)12-15(5)8-3;1-13(2)12-9-5-7-10-6-3-4-8-11(10)12/h15H,6-14H2,1-5H3;3-9H,1-2H3. The van der Waals surface area contributed by atoms with Crippen molar-refractivity contribution < 1.29 is 19.1 Å². The zero-order valence-electron chi connectivity index (χ0n) is 23.6. The van der Waals surface area contributed by atoms with Gasteiger partial charge < -0.3 is 14.4 Å². The molecule has 2 aromatic rings. The molecule has 0 spiro atoms. The molecule has 0 bridgehead atoms. The van der Waals surface area contributed by atoms with Crippen LogP contribution in [0.4, 0.5) is 5.69 Å². The van der Waals surface area contributed by atoms with Gasteiger partial charge in [0.05, 0.1) is 13.2 Å². The molecule has 0 amide bonds. The fourth-order valence-corrected chi connectivity index (χ4v) is 5.29. The van der Waals surface area contributed by atoms with Gasteiger partial charge in [-0.05, 0) is 54.9 Å². The maximum Gasteiger partial charge on any atom is 0.323 e. The molecule has 2 aromatic carbocycles. The van der Waals surface area contributed by atoms with E-state index in [9.17, 15) is 9.59 Å². The Morgan fingerprint density at radius 3 is 1.94 bits per heavy atom. The molecular weight excluding hydrogens is 450 g/mol. The first kappa shape index (κ1) is 29.7. The number of ether oxygens (including phenoxy) is 2. The minimum atomic E-state index is -1.06. The molecule has 1 unspecified atom stereocenters. The van der Waals surface area contributed by atoms with Crippen LogP contribution in [0.3, 0.4) is 0 Å². The number of fused-ring (bicyclic) bond motifs is 1. The summed E-state index contributed by atoms with van der Waals surface area (Å²) in [5.74, 6) is -0.159. The highest BCUT2D eigenvalue weighted by Crippen LogP contribution is 2.60. The first-order chi connectivity index (χ1) is 17.2. The molecule has 0 heterocycles. The molecular formula is C31H47NO4. The third-order valence-electron chi connectivity index (χ3n) is 7.49. The van der Waals surface area contributed by atoms with E-state index in [1.807, 2.05) is 13.8 Å². The van der Waals surface area contributed by atoms with Crippen molar-refractivity contribution in [1.82, 2.24) is 0 Å². The van der Waals surface area contributed by atoms with Gasteiger partial charge in [-0.25, -0.2) is 0 Å². The van der Waals surface area contributed by atoms with Crippen LogP contribution >= 0.6 is 0 Å². The first-order valence-electron chi connectivity index (χ1n) is 13.7. The van der Waals surface area contributed by atoms with Crippen LogP contribution in [0.5, 0.6) is 0 Å². The van der Waals surface area contributed by atoms with Crippen LogP contribution in [0.1, 0.15) is 79.6 Å². The fourth-order valence-electron chi connectivity index (χ4n) is 5.29. The Morgan fingerprint density at radius 1 is 0.889 bits per heavy atom. The minimum Gasteiger partial charge on any atom is -0.465 e. The molecule has 0 N–H and O–H groups in total. The van der Waals surface area contributed by atoms with Crippen molar-refractivity contribution in [2.45, 2.75) is 79.6 Å². The Kier molecular flexibility index (Phi) is 11.3. The van der Waals surface area contributed by atoms with Gasteiger partial charge in [0, 0.05) is 25.2 Å². The highest BCUT2D eigenvalue weighted by atomic mass is 16.6. The second-order valence-corrected chi connectivity index (χ2v) is 10.7. The van der Waals surface area contributed by atoms with E-state index >= 15 is 0 Å². The van der Waals surface area contributed by atoms with Crippen molar-refractivity contribution in [1.29, 1.82) is 0 Å². The summed E-state index contributed by atoms with van der Waals surface area (Å²) in [4.78, 5) is 27.2. The first-order valence-corrected chi connectivity index (χ1v) is 13.7. The molecule has 5 nitrogen and oxygen atoms in total. The van der Waals surface area contributed by atoms with Gasteiger partial charge >= 0.3 is 11.9 Å². The summed E-state index contributed by atoms with van der Waals surface area (Å²) in [6, 6.07) is 14.8. The van der Waals surface area contributed by atoms with Gasteiger partial charge in [-0.15, -0.1) is 0 Å². The monoisotopic (exact) mass is 497 g/mol.